The van der Waals surface area contributed by atoms with Gasteiger partial charge in [-0.25, -0.2) is 0 Å². The summed E-state index contributed by atoms with van der Waals surface area (Å²) in [7, 11) is 1.92. The quantitative estimate of drug-likeness (QED) is 0.313. The van der Waals surface area contributed by atoms with Crippen molar-refractivity contribution in [3.8, 4) is 17.3 Å². The standard InChI is InChI=1S/C29H24N4O/c1-3-20-15-26-25(14-23(20)13-24(18-34)21-7-5-4-6-8-21)28-27(17-31-26)33(2)32-29(28)22-11-9-19(16-30)10-12-22/h4-12,14-15,17-18,24H,3,13H2,1-2H3. The minimum atomic E-state index is -0.206. The number of aryl methyl sites for hydroxylation is 2. The van der Waals surface area contributed by atoms with Crippen LogP contribution in [0.25, 0.3) is 33.1 Å². The van der Waals surface area contributed by atoms with E-state index in [-0.39, 0.29) is 5.92 Å². The highest BCUT2D eigenvalue weighted by molar-refractivity contribution is 6.11. The first kappa shape index (κ1) is 21.5. The molecule has 0 N–H and O–H groups in total. The second kappa shape index (κ2) is 8.92. The van der Waals surface area contributed by atoms with E-state index in [1.54, 1.807) is 0 Å². The van der Waals surface area contributed by atoms with Crippen molar-refractivity contribution in [2.45, 2.75) is 25.7 Å². The Hall–Kier alpha value is -4.30. The third kappa shape index (κ3) is 3.74. The summed E-state index contributed by atoms with van der Waals surface area (Å²) in [5.74, 6) is -0.206. The molecular formula is C29H24N4O. The van der Waals surface area contributed by atoms with Gasteiger partial charge in [-0.15, -0.1) is 0 Å². The van der Waals surface area contributed by atoms with Crippen molar-refractivity contribution in [1.29, 1.82) is 5.26 Å². The van der Waals surface area contributed by atoms with Crippen molar-refractivity contribution in [3.05, 3.63) is 95.2 Å². The lowest BCUT2D eigenvalue weighted by atomic mass is 9.89. The van der Waals surface area contributed by atoms with Gasteiger partial charge < -0.3 is 4.79 Å². The van der Waals surface area contributed by atoms with Crippen LogP contribution in [0.2, 0.25) is 0 Å². The zero-order valence-corrected chi connectivity index (χ0v) is 19.2. The molecule has 0 saturated heterocycles. The Kier molecular flexibility index (Phi) is 5.65. The van der Waals surface area contributed by atoms with E-state index in [9.17, 15) is 4.79 Å². The van der Waals surface area contributed by atoms with E-state index in [0.29, 0.717) is 12.0 Å². The number of aromatic nitrogens is 3. The first-order chi connectivity index (χ1) is 16.6. The zero-order chi connectivity index (χ0) is 23.7. The molecule has 0 aliphatic heterocycles. The normalized spacial score (nSPS) is 12.0. The van der Waals surface area contributed by atoms with Crippen LogP contribution in [0.4, 0.5) is 0 Å². The van der Waals surface area contributed by atoms with Gasteiger partial charge in [0.1, 0.15) is 12.0 Å². The molecule has 5 rings (SSSR count). The van der Waals surface area contributed by atoms with Gasteiger partial charge in [-0.1, -0.05) is 49.4 Å². The second-order valence-corrected chi connectivity index (χ2v) is 8.53. The van der Waals surface area contributed by atoms with Gasteiger partial charge in [0.15, 0.2) is 0 Å². The molecule has 0 amide bonds. The predicted octanol–water partition coefficient (Wildman–Crippen LogP) is 5.75. The van der Waals surface area contributed by atoms with E-state index < -0.39 is 0 Å². The van der Waals surface area contributed by atoms with Crippen LogP contribution in [0.1, 0.15) is 35.1 Å². The number of hydrogen-bond donors (Lipinski definition) is 0. The van der Waals surface area contributed by atoms with E-state index in [4.69, 9.17) is 15.3 Å². The zero-order valence-electron chi connectivity index (χ0n) is 19.2. The molecule has 0 aliphatic rings. The molecule has 0 saturated carbocycles. The molecule has 1 unspecified atom stereocenters. The Morgan fingerprint density at radius 1 is 1.06 bits per heavy atom. The minimum absolute atomic E-state index is 0.206. The molecule has 1 atom stereocenters. The molecule has 0 spiro atoms. The molecule has 2 aromatic heterocycles. The number of pyridine rings is 1. The third-order valence-corrected chi connectivity index (χ3v) is 6.50. The number of fused-ring (bicyclic) bond motifs is 3. The van der Waals surface area contributed by atoms with Gasteiger partial charge in [-0.2, -0.15) is 10.4 Å². The summed E-state index contributed by atoms with van der Waals surface area (Å²) in [6.45, 7) is 2.13. The van der Waals surface area contributed by atoms with Gasteiger partial charge in [-0.3, -0.25) is 9.67 Å². The molecule has 34 heavy (non-hydrogen) atoms. The van der Waals surface area contributed by atoms with Gasteiger partial charge in [0.25, 0.3) is 0 Å². The lowest BCUT2D eigenvalue weighted by Crippen LogP contribution is -2.06. The molecule has 5 heteroatoms. The number of nitrogens with zero attached hydrogens (tertiary/aromatic N) is 4. The Labute approximate surface area is 198 Å². The van der Waals surface area contributed by atoms with E-state index in [2.05, 4.69) is 25.1 Å². The number of aldehydes is 1. The van der Waals surface area contributed by atoms with Crippen molar-refractivity contribution in [1.82, 2.24) is 14.8 Å². The SMILES string of the molecule is CCc1cc2ncc3c(c(-c4ccc(C#N)cc4)nn3C)c2cc1CC(C=O)c1ccccc1. The summed E-state index contributed by atoms with van der Waals surface area (Å²) in [4.78, 5) is 16.8. The number of hydrogen-bond acceptors (Lipinski definition) is 4. The molecule has 0 fully saturated rings. The van der Waals surface area contributed by atoms with E-state index in [0.717, 1.165) is 56.9 Å². The van der Waals surface area contributed by atoms with Crippen LogP contribution in [0.5, 0.6) is 0 Å². The molecule has 0 bridgehead atoms. The summed E-state index contributed by atoms with van der Waals surface area (Å²) in [6, 6.07) is 23.9. The Balaban J connectivity index is 1.71. The molecule has 5 aromatic rings. The first-order valence-corrected chi connectivity index (χ1v) is 11.4. The maximum Gasteiger partial charge on any atom is 0.127 e. The van der Waals surface area contributed by atoms with Crippen molar-refractivity contribution >= 4 is 28.1 Å². The highest BCUT2D eigenvalue weighted by Crippen LogP contribution is 2.35. The lowest BCUT2D eigenvalue weighted by Gasteiger charge is -2.15. The summed E-state index contributed by atoms with van der Waals surface area (Å²) in [6.07, 6.45) is 4.41. The van der Waals surface area contributed by atoms with Crippen LogP contribution in [-0.4, -0.2) is 21.1 Å². The van der Waals surface area contributed by atoms with Gasteiger partial charge in [0.05, 0.1) is 28.9 Å². The van der Waals surface area contributed by atoms with Gasteiger partial charge in [0, 0.05) is 29.3 Å². The average molecular weight is 445 g/mol. The maximum absolute atomic E-state index is 12.0. The minimum Gasteiger partial charge on any atom is -0.303 e. The van der Waals surface area contributed by atoms with Crippen molar-refractivity contribution < 1.29 is 4.79 Å². The Morgan fingerprint density at radius 3 is 2.50 bits per heavy atom. The number of nitriles is 1. The largest absolute Gasteiger partial charge is 0.303 e. The van der Waals surface area contributed by atoms with Gasteiger partial charge >= 0.3 is 0 Å². The highest BCUT2D eigenvalue weighted by atomic mass is 16.1. The van der Waals surface area contributed by atoms with Crippen molar-refractivity contribution in [3.63, 3.8) is 0 Å². The van der Waals surface area contributed by atoms with Crippen molar-refractivity contribution in [2.75, 3.05) is 0 Å². The van der Waals surface area contributed by atoms with Crippen LogP contribution in [0, 0.1) is 11.3 Å². The molecule has 3 aromatic carbocycles. The fourth-order valence-electron chi connectivity index (χ4n) is 4.67. The van der Waals surface area contributed by atoms with Crippen LogP contribution in [0.15, 0.2) is 72.9 Å². The smallest absolute Gasteiger partial charge is 0.127 e. The fourth-order valence-corrected chi connectivity index (χ4v) is 4.67. The van der Waals surface area contributed by atoms with Gasteiger partial charge in [-0.05, 0) is 53.8 Å². The van der Waals surface area contributed by atoms with Crippen LogP contribution in [0.3, 0.4) is 0 Å². The third-order valence-electron chi connectivity index (χ3n) is 6.50. The number of carbonyl (C=O) groups excluding carboxylic acids is 1. The molecule has 0 radical (unpaired) electrons. The Bertz CT molecular complexity index is 1540. The van der Waals surface area contributed by atoms with Crippen LogP contribution < -0.4 is 0 Å². The summed E-state index contributed by atoms with van der Waals surface area (Å²) in [5.41, 5.74) is 7.66. The molecule has 5 nitrogen and oxygen atoms in total. The molecule has 0 aliphatic carbocycles. The predicted molar refractivity (Wildman–Crippen MR) is 134 cm³/mol. The molecule has 2 heterocycles. The number of carbonyl (C=O) groups is 1. The molecule has 166 valence electrons. The van der Waals surface area contributed by atoms with E-state index in [1.165, 1.54) is 5.56 Å². The molecular weight excluding hydrogens is 420 g/mol. The van der Waals surface area contributed by atoms with Crippen molar-refractivity contribution in [2.24, 2.45) is 7.05 Å². The lowest BCUT2D eigenvalue weighted by molar-refractivity contribution is -0.109. The number of rotatable bonds is 6. The van der Waals surface area contributed by atoms with Crippen LogP contribution in [-0.2, 0) is 24.7 Å². The van der Waals surface area contributed by atoms with E-state index >= 15 is 0 Å². The summed E-state index contributed by atoms with van der Waals surface area (Å²) >= 11 is 0. The van der Waals surface area contributed by atoms with Gasteiger partial charge in [0.2, 0.25) is 0 Å². The Morgan fingerprint density at radius 2 is 1.82 bits per heavy atom. The second-order valence-electron chi connectivity index (χ2n) is 8.53. The summed E-state index contributed by atoms with van der Waals surface area (Å²) < 4.78 is 1.85. The first-order valence-electron chi connectivity index (χ1n) is 11.4. The highest BCUT2D eigenvalue weighted by Gasteiger charge is 2.18. The van der Waals surface area contributed by atoms with E-state index in [1.807, 2.05) is 72.5 Å². The fraction of sp³-hybridized carbons (Fsp3) is 0.172. The monoisotopic (exact) mass is 444 g/mol. The maximum atomic E-state index is 12.0. The topological polar surface area (TPSA) is 71.6 Å². The summed E-state index contributed by atoms with van der Waals surface area (Å²) in [5, 5.41) is 16.0. The average Bonchev–Trinajstić information content (AvgIpc) is 3.24. The number of benzene rings is 3. The van der Waals surface area contributed by atoms with Crippen LogP contribution >= 0.6 is 0 Å².